The summed E-state index contributed by atoms with van der Waals surface area (Å²) in [5.41, 5.74) is 0.0630. The Kier molecular flexibility index (Phi) is 6.35. The fraction of sp³-hybridized carbons (Fsp3) is 1.00. The van der Waals surface area contributed by atoms with Crippen LogP contribution < -0.4 is 5.32 Å². The average molecular weight is 187 g/mol. The second kappa shape index (κ2) is 6.39. The summed E-state index contributed by atoms with van der Waals surface area (Å²) in [5.74, 6) is 0.736. The van der Waals surface area contributed by atoms with E-state index in [1.54, 1.807) is 0 Å². The highest BCUT2D eigenvalue weighted by atomic mass is 16.3. The number of rotatable bonds is 7. The highest BCUT2D eigenvalue weighted by Gasteiger charge is 2.20. The van der Waals surface area contributed by atoms with E-state index in [9.17, 15) is 0 Å². The van der Waals surface area contributed by atoms with E-state index in [-0.39, 0.29) is 12.0 Å². The average Bonchev–Trinajstić information content (AvgIpc) is 2.17. The summed E-state index contributed by atoms with van der Waals surface area (Å²) in [5, 5.41) is 12.6. The lowest BCUT2D eigenvalue weighted by Crippen LogP contribution is -2.36. The van der Waals surface area contributed by atoms with Gasteiger partial charge in [0.05, 0.1) is 0 Å². The van der Waals surface area contributed by atoms with Crippen molar-refractivity contribution >= 4 is 0 Å². The number of hydrogen-bond donors (Lipinski definition) is 2. The molecule has 0 aromatic rings. The Morgan fingerprint density at radius 2 is 2.00 bits per heavy atom. The maximum Gasteiger partial charge on any atom is 0.0496 e. The molecule has 0 fully saturated rings. The Morgan fingerprint density at radius 1 is 1.38 bits per heavy atom. The zero-order chi connectivity index (χ0) is 10.3. The zero-order valence-corrected chi connectivity index (χ0v) is 9.56. The van der Waals surface area contributed by atoms with E-state index < -0.39 is 0 Å². The first kappa shape index (κ1) is 12.9. The molecule has 0 saturated carbocycles. The fourth-order valence-corrected chi connectivity index (χ4v) is 1.06. The van der Waals surface area contributed by atoms with Crippen molar-refractivity contribution in [3.05, 3.63) is 0 Å². The van der Waals surface area contributed by atoms with Gasteiger partial charge in [-0.05, 0) is 18.9 Å². The zero-order valence-electron chi connectivity index (χ0n) is 9.56. The number of hydrogen-bond acceptors (Lipinski definition) is 2. The molecule has 0 heterocycles. The van der Waals surface area contributed by atoms with E-state index in [0.717, 1.165) is 25.4 Å². The quantitative estimate of drug-likeness (QED) is 0.639. The van der Waals surface area contributed by atoms with Gasteiger partial charge in [-0.2, -0.15) is 0 Å². The monoisotopic (exact) mass is 187 g/mol. The molecule has 0 amide bonds. The van der Waals surface area contributed by atoms with Crippen LogP contribution in [0.15, 0.2) is 0 Å². The first-order chi connectivity index (χ1) is 6.08. The molecular weight excluding hydrogens is 162 g/mol. The fourth-order valence-electron chi connectivity index (χ4n) is 1.06. The van der Waals surface area contributed by atoms with Gasteiger partial charge in [0.15, 0.2) is 0 Å². The Hall–Kier alpha value is -0.0800. The van der Waals surface area contributed by atoms with Gasteiger partial charge in [-0.15, -0.1) is 0 Å². The SMILES string of the molecule is CCC(C)CNCC(C)(CC)CO. The van der Waals surface area contributed by atoms with E-state index in [2.05, 4.69) is 33.0 Å². The molecule has 0 aliphatic rings. The van der Waals surface area contributed by atoms with Crippen molar-refractivity contribution < 1.29 is 5.11 Å². The molecule has 2 N–H and O–H groups in total. The Labute approximate surface area is 82.7 Å². The second-order valence-electron chi connectivity index (χ2n) is 4.47. The van der Waals surface area contributed by atoms with Gasteiger partial charge in [0.25, 0.3) is 0 Å². The third kappa shape index (κ3) is 5.27. The molecule has 0 radical (unpaired) electrons. The molecule has 2 nitrogen and oxygen atoms in total. The number of nitrogens with one attached hydrogen (secondary N) is 1. The third-order valence-electron chi connectivity index (χ3n) is 2.98. The molecule has 0 aliphatic heterocycles. The van der Waals surface area contributed by atoms with Gasteiger partial charge >= 0.3 is 0 Å². The lowest BCUT2D eigenvalue weighted by atomic mass is 9.88. The van der Waals surface area contributed by atoms with E-state index in [1.807, 2.05) is 0 Å². The van der Waals surface area contributed by atoms with Gasteiger partial charge in [0.1, 0.15) is 0 Å². The van der Waals surface area contributed by atoms with Crippen LogP contribution in [0.25, 0.3) is 0 Å². The number of aliphatic hydroxyl groups excluding tert-OH is 1. The van der Waals surface area contributed by atoms with Crippen molar-refractivity contribution in [2.75, 3.05) is 19.7 Å². The van der Waals surface area contributed by atoms with Gasteiger partial charge in [0, 0.05) is 18.6 Å². The first-order valence-corrected chi connectivity index (χ1v) is 5.39. The molecule has 13 heavy (non-hydrogen) atoms. The van der Waals surface area contributed by atoms with Crippen molar-refractivity contribution in [2.45, 2.75) is 40.5 Å². The van der Waals surface area contributed by atoms with Crippen LogP contribution in [-0.2, 0) is 0 Å². The van der Waals surface area contributed by atoms with Crippen LogP contribution in [0, 0.1) is 11.3 Å². The lowest BCUT2D eigenvalue weighted by Gasteiger charge is -2.26. The summed E-state index contributed by atoms with van der Waals surface area (Å²) in [6.45, 7) is 11.0. The maximum absolute atomic E-state index is 9.17. The molecule has 0 aliphatic carbocycles. The molecule has 80 valence electrons. The minimum Gasteiger partial charge on any atom is -0.396 e. The van der Waals surface area contributed by atoms with Crippen LogP contribution in [0.2, 0.25) is 0 Å². The van der Waals surface area contributed by atoms with E-state index in [1.165, 1.54) is 6.42 Å². The smallest absolute Gasteiger partial charge is 0.0496 e. The molecule has 0 spiro atoms. The normalized spacial score (nSPS) is 18.2. The predicted octanol–water partition coefficient (Wildman–Crippen LogP) is 2.03. The van der Waals surface area contributed by atoms with E-state index in [4.69, 9.17) is 5.11 Å². The van der Waals surface area contributed by atoms with Gasteiger partial charge in [0.2, 0.25) is 0 Å². The van der Waals surface area contributed by atoms with E-state index in [0.29, 0.717) is 0 Å². The van der Waals surface area contributed by atoms with Gasteiger partial charge in [-0.3, -0.25) is 0 Å². The molecule has 2 atom stereocenters. The van der Waals surface area contributed by atoms with Crippen molar-refractivity contribution in [2.24, 2.45) is 11.3 Å². The van der Waals surface area contributed by atoms with Crippen molar-refractivity contribution in [3.8, 4) is 0 Å². The molecule has 0 rings (SSSR count). The minimum absolute atomic E-state index is 0.0630. The summed E-state index contributed by atoms with van der Waals surface area (Å²) in [6, 6.07) is 0. The molecular formula is C11H25NO. The number of aliphatic hydroxyl groups is 1. The maximum atomic E-state index is 9.17. The second-order valence-corrected chi connectivity index (χ2v) is 4.47. The van der Waals surface area contributed by atoms with E-state index >= 15 is 0 Å². The largest absolute Gasteiger partial charge is 0.396 e. The first-order valence-electron chi connectivity index (χ1n) is 5.39. The van der Waals surface area contributed by atoms with Crippen molar-refractivity contribution in [3.63, 3.8) is 0 Å². The van der Waals surface area contributed by atoms with Crippen LogP contribution >= 0.6 is 0 Å². The molecule has 0 aromatic heterocycles. The molecule has 0 bridgehead atoms. The Balaban J connectivity index is 3.61. The molecule has 0 aromatic carbocycles. The van der Waals surface area contributed by atoms with Gasteiger partial charge in [-0.25, -0.2) is 0 Å². The molecule has 2 unspecified atom stereocenters. The summed E-state index contributed by atoms with van der Waals surface area (Å²) in [4.78, 5) is 0. The molecule has 2 heteroatoms. The third-order valence-corrected chi connectivity index (χ3v) is 2.98. The summed E-state index contributed by atoms with van der Waals surface area (Å²) < 4.78 is 0. The lowest BCUT2D eigenvalue weighted by molar-refractivity contribution is 0.134. The minimum atomic E-state index is 0.0630. The highest BCUT2D eigenvalue weighted by molar-refractivity contribution is 4.74. The topological polar surface area (TPSA) is 32.3 Å². The summed E-state index contributed by atoms with van der Waals surface area (Å²) in [6.07, 6.45) is 2.24. The summed E-state index contributed by atoms with van der Waals surface area (Å²) >= 11 is 0. The van der Waals surface area contributed by atoms with Crippen molar-refractivity contribution in [1.82, 2.24) is 5.32 Å². The van der Waals surface area contributed by atoms with Crippen LogP contribution in [0.3, 0.4) is 0 Å². The highest BCUT2D eigenvalue weighted by Crippen LogP contribution is 2.18. The van der Waals surface area contributed by atoms with Crippen molar-refractivity contribution in [1.29, 1.82) is 0 Å². The van der Waals surface area contributed by atoms with Gasteiger partial charge in [-0.1, -0.05) is 34.1 Å². The van der Waals surface area contributed by atoms with Crippen LogP contribution in [0.1, 0.15) is 40.5 Å². The summed E-state index contributed by atoms with van der Waals surface area (Å²) in [7, 11) is 0. The molecule has 0 saturated heterocycles. The Morgan fingerprint density at radius 3 is 2.38 bits per heavy atom. The van der Waals surface area contributed by atoms with Gasteiger partial charge < -0.3 is 10.4 Å². The van der Waals surface area contributed by atoms with Crippen LogP contribution in [0.5, 0.6) is 0 Å². The van der Waals surface area contributed by atoms with Crippen LogP contribution in [0.4, 0.5) is 0 Å². The predicted molar refractivity (Wildman–Crippen MR) is 57.8 cm³/mol. The van der Waals surface area contributed by atoms with Crippen LogP contribution in [-0.4, -0.2) is 24.8 Å². The standard InChI is InChI=1S/C11H25NO/c1-5-10(3)7-12-8-11(4,6-2)9-13/h10,12-13H,5-9H2,1-4H3. The Bertz CT molecular complexity index is 121.